The number of carboxylic acid groups (broad SMARTS) is 1. The van der Waals surface area contributed by atoms with Gasteiger partial charge in [-0.1, -0.05) is 44.0 Å². The smallest absolute Gasteiger partial charge is 0.317 e. The molecule has 1 aromatic carbocycles. The predicted octanol–water partition coefficient (Wildman–Crippen LogP) is 3.04. The number of benzene rings is 1. The molecule has 0 bridgehead atoms. The molecule has 0 aromatic heterocycles. The molecule has 1 heterocycles. The van der Waals surface area contributed by atoms with Crippen molar-refractivity contribution in [2.45, 2.75) is 45.6 Å². The fourth-order valence-corrected chi connectivity index (χ4v) is 2.56. The van der Waals surface area contributed by atoms with Gasteiger partial charge in [0.2, 0.25) is 0 Å². The molecule has 1 aliphatic heterocycles. The van der Waals surface area contributed by atoms with Gasteiger partial charge in [-0.05, 0) is 30.4 Å². The van der Waals surface area contributed by atoms with Crippen molar-refractivity contribution in [3.8, 4) is 0 Å². The standard InChI is InChI=1S/C16H24N2O.CH2O2/c1-2-3-6-11-17-16(19)18-12-7-10-14-8-4-5-9-15(14)13-18;2-1-3/h4-5,8-9H,2-3,6-7,10-13H2,1H3,(H,17,19);1H,(H,2,3). The fourth-order valence-electron chi connectivity index (χ4n) is 2.56. The summed E-state index contributed by atoms with van der Waals surface area (Å²) in [5.41, 5.74) is 2.69. The topological polar surface area (TPSA) is 69.6 Å². The zero-order chi connectivity index (χ0) is 16.2. The molecule has 0 spiro atoms. The summed E-state index contributed by atoms with van der Waals surface area (Å²) in [5.74, 6) is 0. The highest BCUT2D eigenvalue weighted by Crippen LogP contribution is 2.18. The highest BCUT2D eigenvalue weighted by atomic mass is 16.3. The summed E-state index contributed by atoms with van der Waals surface area (Å²) in [6.07, 6.45) is 5.58. The summed E-state index contributed by atoms with van der Waals surface area (Å²) in [4.78, 5) is 22.4. The van der Waals surface area contributed by atoms with Crippen molar-refractivity contribution in [2.75, 3.05) is 13.1 Å². The van der Waals surface area contributed by atoms with Gasteiger partial charge in [-0.15, -0.1) is 0 Å². The lowest BCUT2D eigenvalue weighted by Crippen LogP contribution is -2.40. The van der Waals surface area contributed by atoms with E-state index < -0.39 is 0 Å². The van der Waals surface area contributed by atoms with Crippen LogP contribution in [-0.4, -0.2) is 35.6 Å². The molecular weight excluding hydrogens is 280 g/mol. The summed E-state index contributed by atoms with van der Waals surface area (Å²) in [6, 6.07) is 8.55. The number of hydrogen-bond donors (Lipinski definition) is 2. The second kappa shape index (κ2) is 10.7. The predicted molar refractivity (Wildman–Crippen MR) is 86.8 cm³/mol. The molecular formula is C17H26N2O3. The van der Waals surface area contributed by atoms with Crippen LogP contribution in [0.25, 0.3) is 0 Å². The summed E-state index contributed by atoms with van der Waals surface area (Å²) in [6.45, 7) is 4.32. The zero-order valence-corrected chi connectivity index (χ0v) is 13.3. The largest absolute Gasteiger partial charge is 0.483 e. The van der Waals surface area contributed by atoms with Crippen molar-refractivity contribution in [3.63, 3.8) is 0 Å². The van der Waals surface area contributed by atoms with Gasteiger partial charge >= 0.3 is 6.03 Å². The maximum atomic E-state index is 12.1. The minimum absolute atomic E-state index is 0.0906. The van der Waals surface area contributed by atoms with Gasteiger partial charge in [-0.2, -0.15) is 0 Å². The number of nitrogens with zero attached hydrogens (tertiary/aromatic N) is 1. The number of rotatable bonds is 4. The van der Waals surface area contributed by atoms with E-state index in [0.29, 0.717) is 0 Å². The zero-order valence-electron chi connectivity index (χ0n) is 13.3. The Bertz CT molecular complexity index is 463. The molecule has 2 N–H and O–H groups in total. The molecule has 1 aliphatic rings. The van der Waals surface area contributed by atoms with E-state index in [0.717, 1.165) is 38.9 Å². The lowest BCUT2D eigenvalue weighted by atomic mass is 10.0. The number of fused-ring (bicyclic) bond motifs is 1. The van der Waals surface area contributed by atoms with Gasteiger partial charge in [0, 0.05) is 19.6 Å². The number of urea groups is 1. The Morgan fingerprint density at radius 3 is 2.68 bits per heavy atom. The van der Waals surface area contributed by atoms with E-state index in [1.807, 2.05) is 4.90 Å². The van der Waals surface area contributed by atoms with E-state index in [1.54, 1.807) is 0 Å². The number of carbonyl (C=O) groups is 2. The van der Waals surface area contributed by atoms with E-state index in [9.17, 15) is 4.79 Å². The first-order chi connectivity index (χ1) is 10.7. The van der Waals surface area contributed by atoms with Crippen LogP contribution < -0.4 is 5.32 Å². The van der Waals surface area contributed by atoms with Gasteiger partial charge in [-0.25, -0.2) is 4.79 Å². The van der Waals surface area contributed by atoms with Gasteiger partial charge in [0.25, 0.3) is 6.47 Å². The van der Waals surface area contributed by atoms with Crippen LogP contribution >= 0.6 is 0 Å². The van der Waals surface area contributed by atoms with Crippen molar-refractivity contribution < 1.29 is 14.7 Å². The molecule has 1 aromatic rings. The van der Waals surface area contributed by atoms with E-state index in [1.165, 1.54) is 24.0 Å². The minimum atomic E-state index is -0.250. The van der Waals surface area contributed by atoms with Gasteiger partial charge < -0.3 is 15.3 Å². The molecule has 0 saturated heterocycles. The first kappa shape index (κ1) is 18.0. The summed E-state index contributed by atoms with van der Waals surface area (Å²) >= 11 is 0. The Hall–Kier alpha value is -2.04. The van der Waals surface area contributed by atoms with Gasteiger partial charge in [0.15, 0.2) is 0 Å². The van der Waals surface area contributed by atoms with E-state index in [4.69, 9.17) is 9.90 Å². The van der Waals surface area contributed by atoms with E-state index >= 15 is 0 Å². The third-order valence-corrected chi connectivity index (χ3v) is 3.70. The Labute approximate surface area is 132 Å². The second-order valence-corrected chi connectivity index (χ2v) is 5.34. The average Bonchev–Trinajstić information content (AvgIpc) is 2.74. The molecule has 22 heavy (non-hydrogen) atoms. The van der Waals surface area contributed by atoms with Crippen molar-refractivity contribution in [3.05, 3.63) is 35.4 Å². The molecule has 0 radical (unpaired) electrons. The highest BCUT2D eigenvalue weighted by molar-refractivity contribution is 5.74. The van der Waals surface area contributed by atoms with Crippen molar-refractivity contribution in [2.24, 2.45) is 0 Å². The van der Waals surface area contributed by atoms with Crippen LogP contribution in [-0.2, 0) is 17.8 Å². The number of aryl methyl sites for hydroxylation is 1. The fraction of sp³-hybridized carbons (Fsp3) is 0.529. The number of amides is 2. The number of hydrogen-bond acceptors (Lipinski definition) is 2. The number of nitrogens with one attached hydrogen (secondary N) is 1. The first-order valence-electron chi connectivity index (χ1n) is 7.90. The monoisotopic (exact) mass is 306 g/mol. The average molecular weight is 306 g/mol. The first-order valence-corrected chi connectivity index (χ1v) is 7.90. The molecule has 0 atom stereocenters. The molecule has 122 valence electrons. The van der Waals surface area contributed by atoms with Crippen LogP contribution in [0.5, 0.6) is 0 Å². The van der Waals surface area contributed by atoms with Gasteiger partial charge in [0.1, 0.15) is 0 Å². The Balaban J connectivity index is 0.000000745. The van der Waals surface area contributed by atoms with E-state index in [-0.39, 0.29) is 12.5 Å². The summed E-state index contributed by atoms with van der Waals surface area (Å²) in [5, 5.41) is 9.92. The third-order valence-electron chi connectivity index (χ3n) is 3.70. The molecule has 0 unspecified atom stereocenters. The molecule has 5 heteroatoms. The van der Waals surface area contributed by atoms with Crippen molar-refractivity contribution >= 4 is 12.5 Å². The van der Waals surface area contributed by atoms with Crippen LogP contribution in [0.4, 0.5) is 4.79 Å². The Morgan fingerprint density at radius 2 is 2.00 bits per heavy atom. The number of carbonyl (C=O) groups excluding carboxylic acids is 1. The molecule has 0 aliphatic carbocycles. The number of unbranched alkanes of at least 4 members (excludes halogenated alkanes) is 2. The van der Waals surface area contributed by atoms with Crippen LogP contribution in [0.1, 0.15) is 43.7 Å². The normalized spacial score (nSPS) is 13.2. The SMILES string of the molecule is CCCCCNC(=O)N1CCCc2ccccc2C1.O=CO. The van der Waals surface area contributed by atoms with Gasteiger partial charge in [-0.3, -0.25) is 4.79 Å². The molecule has 0 saturated carbocycles. The van der Waals surface area contributed by atoms with Crippen LogP contribution in [0.3, 0.4) is 0 Å². The van der Waals surface area contributed by atoms with Crippen LogP contribution in [0, 0.1) is 0 Å². The third kappa shape index (κ3) is 6.16. The van der Waals surface area contributed by atoms with Gasteiger partial charge in [0.05, 0.1) is 0 Å². The summed E-state index contributed by atoms with van der Waals surface area (Å²) < 4.78 is 0. The highest BCUT2D eigenvalue weighted by Gasteiger charge is 2.17. The van der Waals surface area contributed by atoms with Crippen molar-refractivity contribution in [1.29, 1.82) is 0 Å². The maximum Gasteiger partial charge on any atom is 0.317 e. The molecule has 2 amide bonds. The van der Waals surface area contributed by atoms with Crippen molar-refractivity contribution in [1.82, 2.24) is 10.2 Å². The van der Waals surface area contributed by atoms with E-state index in [2.05, 4.69) is 36.5 Å². The quantitative estimate of drug-likeness (QED) is 0.663. The summed E-state index contributed by atoms with van der Waals surface area (Å²) in [7, 11) is 0. The minimum Gasteiger partial charge on any atom is -0.483 e. The molecule has 0 fully saturated rings. The lowest BCUT2D eigenvalue weighted by molar-refractivity contribution is -0.122. The lowest BCUT2D eigenvalue weighted by Gasteiger charge is -2.21. The van der Waals surface area contributed by atoms with Crippen LogP contribution in [0.15, 0.2) is 24.3 Å². The Kier molecular flexibility index (Phi) is 8.72. The van der Waals surface area contributed by atoms with Crippen LogP contribution in [0.2, 0.25) is 0 Å². The Morgan fingerprint density at radius 1 is 1.32 bits per heavy atom. The second-order valence-electron chi connectivity index (χ2n) is 5.34. The maximum absolute atomic E-state index is 12.1. The molecule has 2 rings (SSSR count). The molecule has 5 nitrogen and oxygen atoms in total.